The van der Waals surface area contributed by atoms with Crippen LogP contribution in [0.3, 0.4) is 0 Å². The van der Waals surface area contributed by atoms with Crippen molar-refractivity contribution in [3.63, 3.8) is 0 Å². The Bertz CT molecular complexity index is 864. The second-order valence-electron chi connectivity index (χ2n) is 6.84. The normalized spacial score (nSPS) is 14.9. The number of nitrogens with one attached hydrogen (secondary N) is 3. The molecule has 0 unspecified atom stereocenters. The smallest absolute Gasteiger partial charge is 0.315 e. The number of urea groups is 1. The summed E-state index contributed by atoms with van der Waals surface area (Å²) in [6, 6.07) is 14.8. The lowest BCUT2D eigenvalue weighted by atomic mass is 9.96. The van der Waals surface area contributed by atoms with Gasteiger partial charge in [-0.1, -0.05) is 49.2 Å². The number of hydrogen-bond donors (Lipinski definition) is 3. The third kappa shape index (κ3) is 4.64. The van der Waals surface area contributed by atoms with E-state index in [4.69, 9.17) is 0 Å². The molecule has 0 saturated heterocycles. The maximum atomic E-state index is 12.9. The van der Waals surface area contributed by atoms with Crippen molar-refractivity contribution in [2.24, 2.45) is 0 Å². The monoisotopic (exact) mass is 382 g/mol. The Labute approximate surface area is 162 Å². The Morgan fingerprint density at radius 1 is 1.04 bits per heavy atom. The number of nitro benzene ring substituents is 1. The Hall–Kier alpha value is -3.42. The van der Waals surface area contributed by atoms with E-state index < -0.39 is 16.5 Å². The molecule has 8 nitrogen and oxygen atoms in total. The number of nitro groups is 1. The first kappa shape index (κ1) is 19.3. The number of amides is 3. The molecule has 8 heteroatoms. The topological polar surface area (TPSA) is 113 Å². The first-order valence-electron chi connectivity index (χ1n) is 9.14. The molecule has 0 aromatic heterocycles. The van der Waals surface area contributed by atoms with Crippen LogP contribution in [0.25, 0.3) is 0 Å². The Kier molecular flexibility index (Phi) is 5.88. The van der Waals surface area contributed by atoms with Crippen molar-refractivity contribution in [3.8, 4) is 0 Å². The van der Waals surface area contributed by atoms with Crippen LogP contribution in [-0.2, 0) is 11.3 Å². The van der Waals surface area contributed by atoms with Gasteiger partial charge in [0.1, 0.15) is 5.54 Å². The number of benzene rings is 2. The van der Waals surface area contributed by atoms with E-state index in [1.807, 2.05) is 30.3 Å². The SMILES string of the molecule is O=C(NCc1ccccc1)NC1(C(=O)Nc2cccc([N+](=O)[O-])c2)CCCC1. The van der Waals surface area contributed by atoms with Crippen molar-refractivity contribution >= 4 is 23.3 Å². The number of hydrogen-bond acceptors (Lipinski definition) is 4. The van der Waals surface area contributed by atoms with E-state index in [2.05, 4.69) is 16.0 Å². The average molecular weight is 382 g/mol. The van der Waals surface area contributed by atoms with Crippen LogP contribution in [0.5, 0.6) is 0 Å². The Morgan fingerprint density at radius 2 is 1.75 bits per heavy atom. The minimum atomic E-state index is -1.02. The van der Waals surface area contributed by atoms with Gasteiger partial charge in [0, 0.05) is 24.4 Å². The molecule has 28 heavy (non-hydrogen) atoms. The lowest BCUT2D eigenvalue weighted by Crippen LogP contribution is -2.57. The van der Waals surface area contributed by atoms with Gasteiger partial charge in [-0.2, -0.15) is 0 Å². The van der Waals surface area contributed by atoms with Crippen molar-refractivity contribution in [2.75, 3.05) is 5.32 Å². The van der Waals surface area contributed by atoms with Gasteiger partial charge in [-0.15, -0.1) is 0 Å². The molecule has 146 valence electrons. The predicted molar refractivity (Wildman–Crippen MR) is 105 cm³/mol. The van der Waals surface area contributed by atoms with E-state index in [1.54, 1.807) is 6.07 Å². The van der Waals surface area contributed by atoms with E-state index in [-0.39, 0.29) is 11.6 Å². The first-order valence-corrected chi connectivity index (χ1v) is 9.14. The van der Waals surface area contributed by atoms with Crippen LogP contribution in [-0.4, -0.2) is 22.4 Å². The van der Waals surface area contributed by atoms with Gasteiger partial charge in [-0.25, -0.2) is 4.79 Å². The predicted octanol–water partition coefficient (Wildman–Crippen LogP) is 3.35. The molecule has 3 rings (SSSR count). The zero-order valence-electron chi connectivity index (χ0n) is 15.3. The molecule has 0 heterocycles. The van der Waals surface area contributed by atoms with Crippen molar-refractivity contribution < 1.29 is 14.5 Å². The van der Waals surface area contributed by atoms with E-state index in [1.165, 1.54) is 18.2 Å². The van der Waals surface area contributed by atoms with Gasteiger partial charge in [0.05, 0.1) is 4.92 Å². The van der Waals surface area contributed by atoms with Gasteiger partial charge in [0.15, 0.2) is 0 Å². The number of carbonyl (C=O) groups is 2. The molecule has 0 aliphatic heterocycles. The number of anilines is 1. The summed E-state index contributed by atoms with van der Waals surface area (Å²) in [5.74, 6) is -0.361. The van der Waals surface area contributed by atoms with Gasteiger partial charge in [-0.05, 0) is 24.5 Å². The third-order valence-corrected chi connectivity index (χ3v) is 4.86. The summed E-state index contributed by atoms with van der Waals surface area (Å²) in [4.78, 5) is 35.7. The van der Waals surface area contributed by atoms with Crippen LogP contribution in [0.15, 0.2) is 54.6 Å². The fourth-order valence-electron chi connectivity index (χ4n) is 3.38. The van der Waals surface area contributed by atoms with Crippen LogP contribution < -0.4 is 16.0 Å². The second-order valence-corrected chi connectivity index (χ2v) is 6.84. The van der Waals surface area contributed by atoms with Crippen LogP contribution in [0.4, 0.5) is 16.2 Å². The highest BCUT2D eigenvalue weighted by Crippen LogP contribution is 2.31. The molecule has 3 N–H and O–H groups in total. The Balaban J connectivity index is 1.65. The summed E-state index contributed by atoms with van der Waals surface area (Å²) in [5, 5.41) is 19.2. The highest BCUT2D eigenvalue weighted by Gasteiger charge is 2.42. The van der Waals surface area contributed by atoms with Gasteiger partial charge in [0.2, 0.25) is 5.91 Å². The largest absolute Gasteiger partial charge is 0.334 e. The summed E-state index contributed by atoms with van der Waals surface area (Å²) >= 11 is 0. The molecular formula is C20H22N4O4. The minimum absolute atomic E-state index is 0.105. The minimum Gasteiger partial charge on any atom is -0.334 e. The molecular weight excluding hydrogens is 360 g/mol. The summed E-state index contributed by atoms with van der Waals surface area (Å²) in [6.45, 7) is 0.356. The lowest BCUT2D eigenvalue weighted by Gasteiger charge is -2.29. The molecule has 2 aromatic carbocycles. The number of nitrogens with zero attached hydrogens (tertiary/aromatic N) is 1. The molecule has 0 atom stereocenters. The first-order chi connectivity index (χ1) is 13.5. The molecule has 1 aliphatic rings. The zero-order valence-corrected chi connectivity index (χ0v) is 15.3. The molecule has 1 saturated carbocycles. The standard InChI is InChI=1S/C20H22N4O4/c25-18(22-16-9-6-10-17(13-16)24(27)28)20(11-4-5-12-20)23-19(26)21-14-15-7-2-1-3-8-15/h1-3,6-10,13H,4-5,11-12,14H2,(H,22,25)(H2,21,23,26). The summed E-state index contributed by atoms with van der Waals surface area (Å²) in [7, 11) is 0. The number of non-ortho nitro benzene ring substituents is 1. The van der Waals surface area contributed by atoms with Crippen LogP contribution in [0, 0.1) is 10.1 Å². The molecule has 0 spiro atoms. The molecule has 0 bridgehead atoms. The van der Waals surface area contributed by atoms with E-state index in [0.717, 1.165) is 18.4 Å². The summed E-state index contributed by atoms with van der Waals surface area (Å²) in [6.07, 6.45) is 2.68. The number of carbonyl (C=O) groups excluding carboxylic acids is 2. The van der Waals surface area contributed by atoms with Crippen molar-refractivity contribution in [3.05, 3.63) is 70.3 Å². The van der Waals surface area contributed by atoms with E-state index in [9.17, 15) is 19.7 Å². The fourth-order valence-corrected chi connectivity index (χ4v) is 3.38. The van der Waals surface area contributed by atoms with Gasteiger partial charge in [0.25, 0.3) is 5.69 Å². The molecule has 2 aromatic rings. The van der Waals surface area contributed by atoms with E-state index in [0.29, 0.717) is 25.1 Å². The van der Waals surface area contributed by atoms with E-state index >= 15 is 0 Å². The molecule has 1 aliphatic carbocycles. The summed E-state index contributed by atoms with van der Waals surface area (Å²) < 4.78 is 0. The summed E-state index contributed by atoms with van der Waals surface area (Å²) in [5.41, 5.74) is 0.161. The van der Waals surface area contributed by atoms with Crippen LogP contribution >= 0.6 is 0 Å². The maximum Gasteiger partial charge on any atom is 0.315 e. The highest BCUT2D eigenvalue weighted by atomic mass is 16.6. The molecule has 1 fully saturated rings. The lowest BCUT2D eigenvalue weighted by molar-refractivity contribution is -0.384. The van der Waals surface area contributed by atoms with Gasteiger partial charge in [-0.3, -0.25) is 14.9 Å². The number of rotatable bonds is 6. The van der Waals surface area contributed by atoms with Crippen molar-refractivity contribution in [2.45, 2.75) is 37.8 Å². The zero-order chi connectivity index (χ0) is 20.0. The average Bonchev–Trinajstić information content (AvgIpc) is 3.17. The van der Waals surface area contributed by atoms with Crippen LogP contribution in [0.1, 0.15) is 31.2 Å². The fraction of sp³-hybridized carbons (Fsp3) is 0.300. The molecule has 3 amide bonds. The van der Waals surface area contributed by atoms with Gasteiger partial charge >= 0.3 is 6.03 Å². The maximum absolute atomic E-state index is 12.9. The second kappa shape index (κ2) is 8.51. The van der Waals surface area contributed by atoms with Crippen molar-refractivity contribution in [1.82, 2.24) is 10.6 Å². The third-order valence-electron chi connectivity index (χ3n) is 4.86. The van der Waals surface area contributed by atoms with Crippen LogP contribution in [0.2, 0.25) is 0 Å². The van der Waals surface area contributed by atoms with Gasteiger partial charge < -0.3 is 16.0 Å². The quantitative estimate of drug-likeness (QED) is 0.525. The van der Waals surface area contributed by atoms with Crippen molar-refractivity contribution in [1.29, 1.82) is 0 Å². The molecule has 0 radical (unpaired) electrons. The Morgan fingerprint density at radius 3 is 2.43 bits per heavy atom. The highest BCUT2D eigenvalue weighted by molar-refractivity contribution is 6.00.